The highest BCUT2D eigenvalue weighted by Crippen LogP contribution is 2.16. The summed E-state index contributed by atoms with van der Waals surface area (Å²) in [7, 11) is 6.45. The normalized spacial score (nSPS) is 12.4. The molecule has 0 aliphatic carbocycles. The lowest BCUT2D eigenvalue weighted by molar-refractivity contribution is -0.140. The van der Waals surface area contributed by atoms with Gasteiger partial charge in [-0.25, -0.2) is 4.79 Å². The Hall–Kier alpha value is -1.96. The Morgan fingerprint density at radius 2 is 1.52 bits per heavy atom. The smallest absolute Gasteiger partial charge is 0.333 e. The molecule has 0 fully saturated rings. The molecule has 0 N–H and O–H groups in total. The molecule has 0 saturated heterocycles. The van der Waals surface area contributed by atoms with Crippen molar-refractivity contribution in [1.29, 1.82) is 0 Å². The molecule has 118 valence electrons. The third-order valence-electron chi connectivity index (χ3n) is 2.72. The number of rotatable bonds is 7. The van der Waals surface area contributed by atoms with Crippen LogP contribution in [0.15, 0.2) is 0 Å². The van der Waals surface area contributed by atoms with Crippen LogP contribution < -0.4 is 14.2 Å². The summed E-state index contributed by atoms with van der Waals surface area (Å²) in [5.74, 6) is -0.0728. The highest BCUT2D eigenvalue weighted by atomic mass is 18.1. The Bertz CT molecular complexity index is 457. The van der Waals surface area contributed by atoms with Crippen LogP contribution in [0.3, 0.4) is 0 Å². The fraction of sp³-hybridized carbons (Fsp3) is 0.692. The van der Waals surface area contributed by atoms with Gasteiger partial charge in [0.2, 0.25) is 0 Å². The molecule has 0 saturated carbocycles. The second kappa shape index (κ2) is 7.72. The number of carbonyl (C=O) groups excluding carboxylic acids is 1. The zero-order valence-electron chi connectivity index (χ0n) is 13.3. The van der Waals surface area contributed by atoms with E-state index in [1.807, 2.05) is 27.9 Å². The average molecular weight is 301 g/mol. The quantitative estimate of drug-likeness (QED) is 0.415. The third-order valence-corrected chi connectivity index (χ3v) is 2.72. The summed E-state index contributed by atoms with van der Waals surface area (Å²) < 4.78 is 15.0. The van der Waals surface area contributed by atoms with Crippen LogP contribution in [-0.2, 0) is 4.79 Å². The van der Waals surface area contributed by atoms with E-state index in [0.29, 0.717) is 12.3 Å². The van der Waals surface area contributed by atoms with Crippen molar-refractivity contribution in [3.05, 3.63) is 0 Å². The van der Waals surface area contributed by atoms with E-state index in [0.717, 1.165) is 0 Å². The van der Waals surface area contributed by atoms with Crippen LogP contribution in [0, 0.1) is 5.92 Å². The van der Waals surface area contributed by atoms with Gasteiger partial charge in [-0.1, -0.05) is 13.8 Å². The predicted molar refractivity (Wildman–Crippen MR) is 75.5 cm³/mol. The minimum absolute atomic E-state index is 0.0231. The van der Waals surface area contributed by atoms with Crippen molar-refractivity contribution in [3.8, 4) is 18.0 Å². The summed E-state index contributed by atoms with van der Waals surface area (Å²) >= 11 is 0. The van der Waals surface area contributed by atoms with E-state index in [9.17, 15) is 4.79 Å². The third kappa shape index (κ3) is 5.14. The van der Waals surface area contributed by atoms with Crippen molar-refractivity contribution in [1.82, 2.24) is 19.9 Å². The second-order valence-corrected chi connectivity index (χ2v) is 5.12. The largest absolute Gasteiger partial charge is 0.467 e. The first-order valence-electron chi connectivity index (χ1n) is 6.59. The molecule has 1 aromatic rings. The minimum Gasteiger partial charge on any atom is -0.467 e. The van der Waals surface area contributed by atoms with Gasteiger partial charge in [0.05, 0.1) is 14.2 Å². The van der Waals surface area contributed by atoms with Crippen LogP contribution in [0.5, 0.6) is 18.0 Å². The van der Waals surface area contributed by atoms with Crippen LogP contribution in [0.2, 0.25) is 0 Å². The molecule has 21 heavy (non-hydrogen) atoms. The van der Waals surface area contributed by atoms with E-state index >= 15 is 0 Å². The summed E-state index contributed by atoms with van der Waals surface area (Å²) in [6.07, 6.45) is 0.672. The summed E-state index contributed by atoms with van der Waals surface area (Å²) in [4.78, 5) is 25.6. The van der Waals surface area contributed by atoms with Gasteiger partial charge in [-0.2, -0.15) is 0 Å². The molecule has 0 spiro atoms. The van der Waals surface area contributed by atoms with E-state index in [-0.39, 0.29) is 24.1 Å². The Balaban J connectivity index is 2.90. The fourth-order valence-corrected chi connectivity index (χ4v) is 1.67. The van der Waals surface area contributed by atoms with Gasteiger partial charge in [-0.15, -0.1) is 15.0 Å². The highest BCUT2D eigenvalue weighted by Gasteiger charge is 2.25. The van der Waals surface area contributed by atoms with Gasteiger partial charge < -0.3 is 14.2 Å². The Kier molecular flexibility index (Phi) is 6.29. The lowest BCUT2D eigenvalue weighted by atomic mass is 10.1. The lowest BCUT2D eigenvalue weighted by Gasteiger charge is -2.23. The van der Waals surface area contributed by atoms with Gasteiger partial charge in [0.15, 0.2) is 0 Å². The van der Waals surface area contributed by atoms with Crippen LogP contribution in [0.1, 0.15) is 20.3 Å². The van der Waals surface area contributed by atoms with E-state index in [4.69, 9.17) is 14.2 Å². The van der Waals surface area contributed by atoms with Crippen molar-refractivity contribution in [2.75, 3.05) is 28.3 Å². The molecule has 0 bridgehead atoms. The summed E-state index contributed by atoms with van der Waals surface area (Å²) in [6, 6.07) is -0.470. The number of esters is 1. The molecule has 1 unspecified atom stereocenters. The molecule has 0 radical (unpaired) electrons. The number of nitrogens with zero attached hydrogens (tertiary/aromatic N) is 4. The van der Waals surface area contributed by atoms with E-state index < -0.39 is 5.97 Å². The summed E-state index contributed by atoms with van der Waals surface area (Å²) in [6.45, 7) is 4.08. The summed E-state index contributed by atoms with van der Waals surface area (Å²) in [5, 5.41) is 0. The van der Waals surface area contributed by atoms with Crippen LogP contribution in [0.25, 0.3) is 0 Å². The molecule has 1 rings (SSSR count). The van der Waals surface area contributed by atoms with E-state index in [1.165, 1.54) is 14.2 Å². The maximum atomic E-state index is 12.2. The molecule has 0 aromatic carbocycles. The standard InChI is InChI=1S/C13H22N4O4/c1-8(2)7-9(17(3)4)10(18)21-13-15-11(19-5)14-12(16-13)20-6/h8-9H,7H2,1-6H3/i17+1,18+2. The first kappa shape index (κ1) is 17.1. The SMILES string of the molecule is COc1nc(OC)nc(OC(=[18O])C(CC(C)C)[15N](C)C)n1. The maximum Gasteiger partial charge on any atom is 0.333 e. The van der Waals surface area contributed by atoms with Gasteiger partial charge in [-0.3, -0.25) is 4.90 Å². The monoisotopic (exact) mass is 301 g/mol. The van der Waals surface area contributed by atoms with Crippen molar-refractivity contribution in [2.45, 2.75) is 26.3 Å². The van der Waals surface area contributed by atoms with Crippen LogP contribution in [0.4, 0.5) is 0 Å². The maximum absolute atomic E-state index is 12.2. The Labute approximate surface area is 124 Å². The molecular weight excluding hydrogens is 279 g/mol. The van der Waals surface area contributed by atoms with Crippen molar-refractivity contribution >= 4 is 5.97 Å². The minimum atomic E-state index is -0.427. The number of carbonyl (C=O) groups is 1. The lowest BCUT2D eigenvalue weighted by Crippen LogP contribution is -2.39. The van der Waals surface area contributed by atoms with Gasteiger partial charge in [0.1, 0.15) is 6.04 Å². The van der Waals surface area contributed by atoms with E-state index in [2.05, 4.69) is 15.0 Å². The zero-order chi connectivity index (χ0) is 16.0. The average Bonchev–Trinajstić information content (AvgIpc) is 2.43. The highest BCUT2D eigenvalue weighted by molar-refractivity contribution is 5.77. The van der Waals surface area contributed by atoms with E-state index in [1.54, 1.807) is 4.90 Å². The Morgan fingerprint density at radius 1 is 1.05 bits per heavy atom. The number of ether oxygens (including phenoxy) is 3. The van der Waals surface area contributed by atoms with Gasteiger partial charge in [-0.05, 0) is 26.4 Å². The molecular formula is C13H22N4O4. The van der Waals surface area contributed by atoms with Gasteiger partial charge in [0.25, 0.3) is 0 Å². The molecule has 1 atom stereocenters. The number of methoxy groups -OCH3 is 2. The number of hydrogen-bond donors (Lipinski definition) is 0. The molecule has 0 amide bonds. The molecule has 0 aliphatic rings. The van der Waals surface area contributed by atoms with Crippen molar-refractivity contribution in [3.63, 3.8) is 0 Å². The number of aromatic nitrogens is 3. The van der Waals surface area contributed by atoms with Crippen LogP contribution >= 0.6 is 0 Å². The second-order valence-electron chi connectivity index (χ2n) is 5.12. The number of likely N-dealkylation sites (N-methyl/N-ethyl adjacent to an activating group) is 1. The van der Waals surface area contributed by atoms with Gasteiger partial charge in [0, 0.05) is 0 Å². The first-order chi connectivity index (χ1) is 9.87. The topological polar surface area (TPSA) is 86.7 Å². The molecule has 8 nitrogen and oxygen atoms in total. The van der Waals surface area contributed by atoms with Crippen LogP contribution in [-0.4, -0.2) is 60.2 Å². The molecule has 8 heteroatoms. The Morgan fingerprint density at radius 3 is 1.90 bits per heavy atom. The first-order valence-corrected chi connectivity index (χ1v) is 6.59. The predicted octanol–water partition coefficient (Wildman–Crippen LogP) is 0.770. The zero-order valence-corrected chi connectivity index (χ0v) is 13.3. The molecule has 1 heterocycles. The van der Waals surface area contributed by atoms with Gasteiger partial charge >= 0.3 is 24.0 Å². The fourth-order valence-electron chi connectivity index (χ4n) is 1.67. The summed E-state index contributed by atoms with van der Waals surface area (Å²) in [5.41, 5.74) is 0. The van der Waals surface area contributed by atoms with Crippen molar-refractivity contribution in [2.24, 2.45) is 5.92 Å². The van der Waals surface area contributed by atoms with Crippen molar-refractivity contribution < 1.29 is 19.0 Å². The molecule has 1 aromatic heterocycles. The number of hydrogen-bond acceptors (Lipinski definition) is 8. The molecule has 0 aliphatic heterocycles.